The Hall–Kier alpha value is -1.13. The highest BCUT2D eigenvalue weighted by Gasteiger charge is 2.33. The SMILES string of the molecule is CCCNC1COCC1C(=O)Cc1ccoc1. The molecule has 1 N–H and O–H groups in total. The Morgan fingerprint density at radius 3 is 3.12 bits per heavy atom. The largest absolute Gasteiger partial charge is 0.472 e. The molecule has 2 unspecified atom stereocenters. The number of carbonyl (C=O) groups is 1. The second-order valence-electron chi connectivity index (χ2n) is 4.48. The number of ketones is 1. The van der Waals surface area contributed by atoms with Gasteiger partial charge in [-0.25, -0.2) is 0 Å². The Labute approximate surface area is 101 Å². The number of rotatable bonds is 6. The molecule has 94 valence electrons. The van der Waals surface area contributed by atoms with Crippen LogP contribution >= 0.6 is 0 Å². The van der Waals surface area contributed by atoms with Gasteiger partial charge in [0.25, 0.3) is 0 Å². The molecule has 0 saturated carbocycles. The van der Waals surface area contributed by atoms with Gasteiger partial charge in [0.15, 0.2) is 0 Å². The minimum atomic E-state index is -0.0172. The van der Waals surface area contributed by atoms with Crippen molar-refractivity contribution in [2.24, 2.45) is 5.92 Å². The molecule has 2 atom stereocenters. The van der Waals surface area contributed by atoms with E-state index in [-0.39, 0.29) is 17.7 Å². The zero-order chi connectivity index (χ0) is 12.1. The molecule has 4 heteroatoms. The van der Waals surface area contributed by atoms with Gasteiger partial charge in [-0.2, -0.15) is 0 Å². The molecule has 1 aliphatic heterocycles. The zero-order valence-corrected chi connectivity index (χ0v) is 10.1. The van der Waals surface area contributed by atoms with Crippen molar-refractivity contribution in [2.45, 2.75) is 25.8 Å². The van der Waals surface area contributed by atoms with Crippen LogP contribution in [0.25, 0.3) is 0 Å². The summed E-state index contributed by atoms with van der Waals surface area (Å²) in [5.74, 6) is 0.217. The molecule has 1 fully saturated rings. The summed E-state index contributed by atoms with van der Waals surface area (Å²) in [4.78, 5) is 12.1. The molecule has 1 aromatic heterocycles. The van der Waals surface area contributed by atoms with Crippen molar-refractivity contribution in [2.75, 3.05) is 19.8 Å². The lowest BCUT2D eigenvalue weighted by Gasteiger charge is -2.17. The molecular weight excluding hydrogens is 218 g/mol. The lowest BCUT2D eigenvalue weighted by molar-refractivity contribution is -0.122. The van der Waals surface area contributed by atoms with E-state index in [1.165, 1.54) is 0 Å². The molecule has 0 aromatic carbocycles. The van der Waals surface area contributed by atoms with E-state index in [2.05, 4.69) is 12.2 Å². The van der Waals surface area contributed by atoms with Crippen molar-refractivity contribution in [3.05, 3.63) is 24.2 Å². The zero-order valence-electron chi connectivity index (χ0n) is 10.1. The molecule has 0 aliphatic carbocycles. The van der Waals surface area contributed by atoms with E-state index >= 15 is 0 Å². The summed E-state index contributed by atoms with van der Waals surface area (Å²) >= 11 is 0. The predicted octanol–water partition coefficient (Wildman–Crippen LogP) is 1.41. The van der Waals surface area contributed by atoms with Gasteiger partial charge in [0.1, 0.15) is 5.78 Å². The van der Waals surface area contributed by atoms with Gasteiger partial charge in [0, 0.05) is 12.5 Å². The van der Waals surface area contributed by atoms with Gasteiger partial charge in [0.05, 0.1) is 31.7 Å². The topological polar surface area (TPSA) is 51.5 Å². The first-order valence-corrected chi connectivity index (χ1v) is 6.16. The van der Waals surface area contributed by atoms with Crippen LogP contribution in [0, 0.1) is 5.92 Å². The Morgan fingerprint density at radius 2 is 2.41 bits per heavy atom. The maximum absolute atomic E-state index is 12.1. The van der Waals surface area contributed by atoms with E-state index in [1.54, 1.807) is 12.5 Å². The number of ether oxygens (including phenoxy) is 1. The second kappa shape index (κ2) is 5.98. The van der Waals surface area contributed by atoms with Crippen molar-refractivity contribution in [1.82, 2.24) is 5.32 Å². The van der Waals surface area contributed by atoms with Crippen LogP contribution in [0.4, 0.5) is 0 Å². The van der Waals surface area contributed by atoms with Crippen molar-refractivity contribution >= 4 is 5.78 Å². The third-order valence-corrected chi connectivity index (χ3v) is 3.11. The van der Waals surface area contributed by atoms with E-state index in [0.717, 1.165) is 18.5 Å². The predicted molar refractivity (Wildman–Crippen MR) is 63.8 cm³/mol. The summed E-state index contributed by atoms with van der Waals surface area (Å²) in [6.07, 6.45) is 4.73. The highest BCUT2D eigenvalue weighted by atomic mass is 16.5. The maximum atomic E-state index is 12.1. The minimum absolute atomic E-state index is 0.0172. The Kier molecular flexibility index (Phi) is 4.34. The second-order valence-corrected chi connectivity index (χ2v) is 4.48. The molecule has 2 rings (SSSR count). The van der Waals surface area contributed by atoms with E-state index in [0.29, 0.717) is 19.6 Å². The van der Waals surface area contributed by atoms with Gasteiger partial charge in [-0.3, -0.25) is 4.79 Å². The van der Waals surface area contributed by atoms with Crippen LogP contribution in [-0.2, 0) is 16.0 Å². The summed E-state index contributed by atoms with van der Waals surface area (Å²) in [7, 11) is 0. The molecule has 0 amide bonds. The van der Waals surface area contributed by atoms with Crippen LogP contribution in [0.5, 0.6) is 0 Å². The van der Waals surface area contributed by atoms with Crippen LogP contribution in [0.1, 0.15) is 18.9 Å². The number of furan rings is 1. The fourth-order valence-corrected chi connectivity index (χ4v) is 2.13. The molecule has 0 bridgehead atoms. The van der Waals surface area contributed by atoms with Gasteiger partial charge in [-0.1, -0.05) is 6.92 Å². The van der Waals surface area contributed by atoms with E-state index in [1.807, 2.05) is 6.07 Å². The molecular formula is C13H19NO3. The fourth-order valence-electron chi connectivity index (χ4n) is 2.13. The molecule has 2 heterocycles. The Bertz CT molecular complexity index is 348. The average Bonchev–Trinajstić information content (AvgIpc) is 2.96. The Morgan fingerprint density at radius 1 is 1.53 bits per heavy atom. The van der Waals surface area contributed by atoms with Crippen molar-refractivity contribution in [1.29, 1.82) is 0 Å². The number of carbonyl (C=O) groups excluding carboxylic acids is 1. The first kappa shape index (κ1) is 12.3. The normalized spacial score (nSPS) is 24.1. The third-order valence-electron chi connectivity index (χ3n) is 3.11. The highest BCUT2D eigenvalue weighted by Crippen LogP contribution is 2.17. The summed E-state index contributed by atoms with van der Waals surface area (Å²) in [5, 5.41) is 3.37. The van der Waals surface area contributed by atoms with Gasteiger partial charge >= 0.3 is 0 Å². The van der Waals surface area contributed by atoms with Crippen LogP contribution in [0.2, 0.25) is 0 Å². The monoisotopic (exact) mass is 237 g/mol. The summed E-state index contributed by atoms with van der Waals surface area (Å²) in [6, 6.07) is 2.01. The number of hydrogen-bond donors (Lipinski definition) is 1. The lowest BCUT2D eigenvalue weighted by Crippen LogP contribution is -2.40. The van der Waals surface area contributed by atoms with E-state index in [4.69, 9.17) is 9.15 Å². The molecule has 0 radical (unpaired) electrons. The van der Waals surface area contributed by atoms with Gasteiger partial charge in [0.2, 0.25) is 0 Å². The lowest BCUT2D eigenvalue weighted by atomic mass is 9.94. The maximum Gasteiger partial charge on any atom is 0.144 e. The quantitative estimate of drug-likeness (QED) is 0.812. The first-order valence-electron chi connectivity index (χ1n) is 6.16. The number of Topliss-reactive ketones (excluding diaryl/α,β-unsaturated/α-hetero) is 1. The number of nitrogens with one attached hydrogen (secondary N) is 1. The van der Waals surface area contributed by atoms with Crippen LogP contribution in [0.3, 0.4) is 0 Å². The van der Waals surface area contributed by atoms with Crippen molar-refractivity contribution in [3.63, 3.8) is 0 Å². The summed E-state index contributed by atoms with van der Waals surface area (Å²) in [5.41, 5.74) is 0.941. The van der Waals surface area contributed by atoms with Gasteiger partial charge in [-0.15, -0.1) is 0 Å². The van der Waals surface area contributed by atoms with Gasteiger partial charge < -0.3 is 14.5 Å². The molecule has 1 aromatic rings. The van der Waals surface area contributed by atoms with Crippen LogP contribution < -0.4 is 5.32 Å². The first-order chi connectivity index (χ1) is 8.31. The van der Waals surface area contributed by atoms with E-state index in [9.17, 15) is 4.79 Å². The fraction of sp³-hybridized carbons (Fsp3) is 0.615. The van der Waals surface area contributed by atoms with Crippen molar-refractivity contribution in [3.8, 4) is 0 Å². The third kappa shape index (κ3) is 3.17. The van der Waals surface area contributed by atoms with E-state index < -0.39 is 0 Å². The number of hydrogen-bond acceptors (Lipinski definition) is 4. The van der Waals surface area contributed by atoms with Crippen LogP contribution in [0.15, 0.2) is 23.0 Å². The standard InChI is InChI=1S/C13H19NO3/c1-2-4-14-12-9-17-8-11(12)13(15)6-10-3-5-16-7-10/h3,5,7,11-12,14H,2,4,6,8-9H2,1H3. The molecule has 0 spiro atoms. The van der Waals surface area contributed by atoms with Gasteiger partial charge in [-0.05, 0) is 24.6 Å². The molecule has 1 saturated heterocycles. The molecule has 1 aliphatic rings. The Balaban J connectivity index is 1.89. The van der Waals surface area contributed by atoms with Crippen molar-refractivity contribution < 1.29 is 13.9 Å². The molecule has 4 nitrogen and oxygen atoms in total. The highest BCUT2D eigenvalue weighted by molar-refractivity contribution is 5.84. The molecule has 17 heavy (non-hydrogen) atoms. The average molecular weight is 237 g/mol. The summed E-state index contributed by atoms with van der Waals surface area (Å²) < 4.78 is 10.4. The smallest absolute Gasteiger partial charge is 0.144 e. The minimum Gasteiger partial charge on any atom is -0.472 e. The van der Waals surface area contributed by atoms with Crippen LogP contribution in [-0.4, -0.2) is 31.6 Å². The summed E-state index contributed by atoms with van der Waals surface area (Å²) in [6.45, 7) is 4.23.